The molecule has 218 valence electrons. The summed E-state index contributed by atoms with van der Waals surface area (Å²) in [6, 6.07) is 25.3. The number of aromatic nitrogens is 1. The van der Waals surface area contributed by atoms with Gasteiger partial charge >= 0.3 is 0 Å². The molecule has 7 heteroatoms. The number of fused-ring (bicyclic) bond motifs is 3. The van der Waals surface area contributed by atoms with E-state index in [1.165, 1.54) is 19.3 Å². The van der Waals surface area contributed by atoms with Gasteiger partial charge in [0.1, 0.15) is 17.2 Å². The number of benzene rings is 3. The third-order valence-electron chi connectivity index (χ3n) is 9.01. The summed E-state index contributed by atoms with van der Waals surface area (Å²) in [6.45, 7) is 0.503. The first-order valence-corrected chi connectivity index (χ1v) is 15.0. The van der Waals surface area contributed by atoms with Crippen molar-refractivity contribution in [3.8, 4) is 11.5 Å². The zero-order chi connectivity index (χ0) is 29.1. The van der Waals surface area contributed by atoms with Gasteiger partial charge in [0.25, 0.3) is 11.8 Å². The van der Waals surface area contributed by atoms with Gasteiger partial charge < -0.3 is 24.3 Å². The Bertz CT molecular complexity index is 1570. The van der Waals surface area contributed by atoms with Crippen molar-refractivity contribution in [1.82, 2.24) is 14.8 Å². The number of hydrogen-bond donors (Lipinski definition) is 1. The third kappa shape index (κ3) is 5.02. The summed E-state index contributed by atoms with van der Waals surface area (Å²) < 4.78 is 13.2. The van der Waals surface area contributed by atoms with E-state index < -0.39 is 5.54 Å². The number of ether oxygens (including phenoxy) is 2. The molecule has 0 bridgehead atoms. The first-order valence-electron chi connectivity index (χ1n) is 15.0. The maximum atomic E-state index is 14.9. The van der Waals surface area contributed by atoms with Crippen LogP contribution in [0.25, 0.3) is 10.9 Å². The second kappa shape index (κ2) is 11.9. The van der Waals surface area contributed by atoms with E-state index in [-0.39, 0.29) is 30.9 Å². The molecule has 1 unspecified atom stereocenters. The average Bonchev–Trinajstić information content (AvgIpc) is 3.38. The van der Waals surface area contributed by atoms with Gasteiger partial charge in [0.05, 0.1) is 32.8 Å². The highest BCUT2D eigenvalue weighted by atomic mass is 16.5. The summed E-state index contributed by atoms with van der Waals surface area (Å²) >= 11 is 0. The zero-order valence-electron chi connectivity index (χ0n) is 24.5. The Morgan fingerprint density at radius 1 is 0.881 bits per heavy atom. The quantitative estimate of drug-likeness (QED) is 0.280. The molecule has 42 heavy (non-hydrogen) atoms. The highest BCUT2D eigenvalue weighted by Gasteiger charge is 2.53. The standard InChI is InChI=1S/C35H39N3O4/c1-41-29-20-19-25-21-31-33(39)38(23-26-13-11-12-18-32(26)42-2)35(24-37(31)30(25)22-29,27-14-7-6-8-15-27)34(40)36-28-16-9-4-3-5-10-17-28/h6-8,11-15,18-22,28H,3-5,9-10,16-17,23-24H2,1-2H3,(H,36,40). The van der Waals surface area contributed by atoms with E-state index in [2.05, 4.69) is 5.32 Å². The summed E-state index contributed by atoms with van der Waals surface area (Å²) in [4.78, 5) is 31.4. The molecule has 1 atom stereocenters. The molecule has 1 fully saturated rings. The Morgan fingerprint density at radius 2 is 1.60 bits per heavy atom. The molecule has 4 aromatic rings. The fourth-order valence-corrected chi connectivity index (χ4v) is 6.74. The Balaban J connectivity index is 1.54. The molecule has 0 saturated heterocycles. The molecule has 2 heterocycles. The second-order valence-electron chi connectivity index (χ2n) is 11.5. The fourth-order valence-electron chi connectivity index (χ4n) is 6.74. The van der Waals surface area contributed by atoms with E-state index in [1.807, 2.05) is 83.4 Å². The van der Waals surface area contributed by atoms with Crippen LogP contribution in [0.15, 0.2) is 78.9 Å². The topological polar surface area (TPSA) is 72.8 Å². The van der Waals surface area contributed by atoms with Crippen LogP contribution in [-0.4, -0.2) is 41.5 Å². The van der Waals surface area contributed by atoms with Crippen LogP contribution in [0.5, 0.6) is 11.5 Å². The molecule has 0 spiro atoms. The molecule has 1 saturated carbocycles. The smallest absolute Gasteiger partial charge is 0.272 e. The lowest BCUT2D eigenvalue weighted by Gasteiger charge is -2.47. The Kier molecular flexibility index (Phi) is 7.92. The number of methoxy groups -OCH3 is 2. The number of carbonyl (C=O) groups is 2. The minimum absolute atomic E-state index is 0.0736. The minimum atomic E-state index is -1.29. The molecular formula is C35H39N3O4. The van der Waals surface area contributed by atoms with Crippen LogP contribution in [-0.2, 0) is 23.4 Å². The summed E-state index contributed by atoms with van der Waals surface area (Å²) in [5.41, 5.74) is 1.77. The van der Waals surface area contributed by atoms with Gasteiger partial charge in [-0.1, -0.05) is 80.6 Å². The summed E-state index contributed by atoms with van der Waals surface area (Å²) in [6.07, 6.45) is 7.73. The van der Waals surface area contributed by atoms with Gasteiger partial charge in [-0.25, -0.2) is 0 Å². The predicted molar refractivity (Wildman–Crippen MR) is 164 cm³/mol. The first-order chi connectivity index (χ1) is 20.5. The van der Waals surface area contributed by atoms with Crippen molar-refractivity contribution in [2.75, 3.05) is 14.2 Å². The first kappa shape index (κ1) is 27.9. The number of nitrogens with one attached hydrogen (secondary N) is 1. The average molecular weight is 566 g/mol. The summed E-state index contributed by atoms with van der Waals surface area (Å²) in [5.74, 6) is 1.05. The number of para-hydroxylation sites is 1. The van der Waals surface area contributed by atoms with Crippen molar-refractivity contribution >= 4 is 22.7 Å². The van der Waals surface area contributed by atoms with Crippen molar-refractivity contribution in [2.45, 2.75) is 69.6 Å². The van der Waals surface area contributed by atoms with E-state index in [0.717, 1.165) is 47.7 Å². The van der Waals surface area contributed by atoms with Crippen LogP contribution >= 0.6 is 0 Å². The normalized spacial score (nSPS) is 19.6. The van der Waals surface area contributed by atoms with E-state index in [9.17, 15) is 9.59 Å². The van der Waals surface area contributed by atoms with Crippen LogP contribution in [0.2, 0.25) is 0 Å². The second-order valence-corrected chi connectivity index (χ2v) is 11.5. The van der Waals surface area contributed by atoms with Gasteiger partial charge in [-0.15, -0.1) is 0 Å². The molecule has 6 rings (SSSR count). The third-order valence-corrected chi connectivity index (χ3v) is 9.01. The van der Waals surface area contributed by atoms with Gasteiger partial charge in [-0.2, -0.15) is 0 Å². The lowest BCUT2D eigenvalue weighted by molar-refractivity contribution is -0.136. The molecule has 3 aromatic carbocycles. The van der Waals surface area contributed by atoms with E-state index in [0.29, 0.717) is 17.2 Å². The van der Waals surface area contributed by atoms with Crippen molar-refractivity contribution in [2.24, 2.45) is 0 Å². The number of rotatable bonds is 7. The molecule has 2 amide bonds. The van der Waals surface area contributed by atoms with Crippen molar-refractivity contribution in [3.63, 3.8) is 0 Å². The van der Waals surface area contributed by atoms with E-state index in [1.54, 1.807) is 19.1 Å². The maximum Gasteiger partial charge on any atom is 0.272 e. The van der Waals surface area contributed by atoms with Crippen LogP contribution in [0.3, 0.4) is 0 Å². The molecule has 1 N–H and O–H groups in total. The van der Waals surface area contributed by atoms with Crippen LogP contribution in [0.4, 0.5) is 0 Å². The summed E-state index contributed by atoms with van der Waals surface area (Å²) in [7, 11) is 3.27. The molecule has 1 aliphatic heterocycles. The van der Waals surface area contributed by atoms with Gasteiger partial charge in [0, 0.05) is 23.1 Å². The van der Waals surface area contributed by atoms with Crippen molar-refractivity contribution < 1.29 is 19.1 Å². The highest BCUT2D eigenvalue weighted by molar-refractivity contribution is 6.04. The SMILES string of the molecule is COc1ccc2cc3n(c2c1)CC(C(=O)NC1CCCCCCC1)(c1ccccc1)N(Cc1ccccc1OC)C3=O. The lowest BCUT2D eigenvalue weighted by atomic mass is 9.83. The van der Waals surface area contributed by atoms with E-state index in [4.69, 9.17) is 9.47 Å². The Morgan fingerprint density at radius 3 is 2.33 bits per heavy atom. The maximum absolute atomic E-state index is 14.9. The number of hydrogen-bond acceptors (Lipinski definition) is 4. The Labute approximate surface area is 247 Å². The zero-order valence-corrected chi connectivity index (χ0v) is 24.5. The Hall–Kier alpha value is -4.26. The molecule has 7 nitrogen and oxygen atoms in total. The number of amides is 2. The molecule has 0 radical (unpaired) electrons. The van der Waals surface area contributed by atoms with Gasteiger partial charge in [-0.05, 0) is 42.7 Å². The van der Waals surface area contributed by atoms with Crippen LogP contribution in [0.1, 0.15) is 66.6 Å². The summed E-state index contributed by atoms with van der Waals surface area (Å²) in [5, 5.41) is 4.38. The largest absolute Gasteiger partial charge is 0.497 e. The number of nitrogens with zero attached hydrogens (tertiary/aromatic N) is 2. The molecule has 1 aliphatic carbocycles. The molecular weight excluding hydrogens is 526 g/mol. The van der Waals surface area contributed by atoms with Crippen molar-refractivity contribution in [1.29, 1.82) is 0 Å². The van der Waals surface area contributed by atoms with Crippen molar-refractivity contribution in [3.05, 3.63) is 95.7 Å². The lowest BCUT2D eigenvalue weighted by Crippen LogP contribution is -2.64. The fraction of sp³-hybridized carbons (Fsp3) is 0.371. The minimum Gasteiger partial charge on any atom is -0.497 e. The highest BCUT2D eigenvalue weighted by Crippen LogP contribution is 2.41. The van der Waals surface area contributed by atoms with Crippen LogP contribution < -0.4 is 14.8 Å². The van der Waals surface area contributed by atoms with E-state index >= 15 is 0 Å². The van der Waals surface area contributed by atoms with Crippen LogP contribution in [0, 0.1) is 0 Å². The molecule has 2 aliphatic rings. The molecule has 1 aromatic heterocycles. The monoisotopic (exact) mass is 565 g/mol. The van der Waals surface area contributed by atoms with Gasteiger partial charge in [0.15, 0.2) is 5.54 Å². The predicted octanol–water partition coefficient (Wildman–Crippen LogP) is 6.44. The number of carbonyl (C=O) groups excluding carboxylic acids is 2. The van der Waals surface area contributed by atoms with Gasteiger partial charge in [0.2, 0.25) is 0 Å². The van der Waals surface area contributed by atoms with Gasteiger partial charge in [-0.3, -0.25) is 9.59 Å².